The van der Waals surface area contributed by atoms with E-state index in [0.29, 0.717) is 0 Å². The second-order valence-electron chi connectivity index (χ2n) is 4.11. The molecule has 0 spiro atoms. The van der Waals surface area contributed by atoms with Crippen LogP contribution >= 0.6 is 11.3 Å². The van der Waals surface area contributed by atoms with Gasteiger partial charge in [0.05, 0.1) is 6.54 Å². The summed E-state index contributed by atoms with van der Waals surface area (Å²) in [5.74, 6) is 0. The largest absolute Gasteiger partial charge is 0.338 e. The average Bonchev–Trinajstić information content (AvgIpc) is 2.88. The van der Waals surface area contributed by atoms with E-state index in [1.165, 1.54) is 4.88 Å². The molecular weight excluding hydrogens is 232 g/mol. The average molecular weight is 244 g/mol. The molecule has 4 heteroatoms. The number of thiophene rings is 1. The van der Waals surface area contributed by atoms with Gasteiger partial charge in [0.1, 0.15) is 5.52 Å². The topological polar surface area (TPSA) is 37.8 Å². The predicted molar refractivity (Wildman–Crippen MR) is 70.7 cm³/mol. The first kappa shape index (κ1) is 10.4. The van der Waals surface area contributed by atoms with Gasteiger partial charge in [0.25, 0.3) is 5.56 Å². The van der Waals surface area contributed by atoms with Crippen LogP contribution in [0, 0.1) is 6.92 Å². The minimum Gasteiger partial charge on any atom is -0.338 e. The number of aromatic amines is 1. The van der Waals surface area contributed by atoms with Crippen LogP contribution in [-0.4, -0.2) is 9.55 Å². The molecule has 0 fully saturated rings. The van der Waals surface area contributed by atoms with Crippen LogP contribution in [0.3, 0.4) is 0 Å². The first-order valence-electron chi connectivity index (χ1n) is 5.45. The summed E-state index contributed by atoms with van der Waals surface area (Å²) in [6, 6.07) is 8.10. The van der Waals surface area contributed by atoms with Crippen LogP contribution in [0.1, 0.15) is 10.6 Å². The summed E-state index contributed by atoms with van der Waals surface area (Å²) in [5, 5.41) is 3.05. The third-order valence-electron chi connectivity index (χ3n) is 2.80. The van der Waals surface area contributed by atoms with Gasteiger partial charge in [-0.15, -0.1) is 11.3 Å². The number of rotatable bonds is 2. The van der Waals surface area contributed by atoms with Crippen molar-refractivity contribution in [1.82, 2.24) is 9.55 Å². The fourth-order valence-electron chi connectivity index (χ4n) is 2.08. The maximum atomic E-state index is 11.9. The van der Waals surface area contributed by atoms with Crippen LogP contribution in [0.4, 0.5) is 0 Å². The molecule has 0 aromatic carbocycles. The molecule has 0 saturated heterocycles. The van der Waals surface area contributed by atoms with Gasteiger partial charge < -0.3 is 9.55 Å². The zero-order chi connectivity index (χ0) is 11.8. The minimum atomic E-state index is -0.0124. The van der Waals surface area contributed by atoms with Gasteiger partial charge >= 0.3 is 0 Å². The summed E-state index contributed by atoms with van der Waals surface area (Å²) < 4.78 is 2.00. The van der Waals surface area contributed by atoms with Crippen LogP contribution < -0.4 is 5.56 Å². The number of hydrogen-bond acceptors (Lipinski definition) is 2. The summed E-state index contributed by atoms with van der Waals surface area (Å²) in [7, 11) is 0. The highest BCUT2D eigenvalue weighted by atomic mass is 32.1. The molecule has 3 aromatic heterocycles. The van der Waals surface area contributed by atoms with E-state index in [-0.39, 0.29) is 5.56 Å². The van der Waals surface area contributed by atoms with E-state index < -0.39 is 0 Å². The Balaban J connectivity index is 2.15. The summed E-state index contributed by atoms with van der Waals surface area (Å²) in [5.41, 5.74) is 1.64. The monoisotopic (exact) mass is 244 g/mol. The number of nitrogens with zero attached hydrogens (tertiary/aromatic N) is 1. The molecule has 3 rings (SSSR count). The maximum absolute atomic E-state index is 11.9. The lowest BCUT2D eigenvalue weighted by atomic mass is 10.3. The van der Waals surface area contributed by atoms with Gasteiger partial charge in [-0.25, -0.2) is 0 Å². The molecule has 0 aliphatic heterocycles. The number of pyridine rings is 1. The van der Waals surface area contributed by atoms with Crippen LogP contribution in [0.2, 0.25) is 0 Å². The van der Waals surface area contributed by atoms with Gasteiger partial charge in [-0.1, -0.05) is 6.07 Å². The normalized spacial score (nSPS) is 11.1. The first-order valence-corrected chi connectivity index (χ1v) is 6.33. The molecule has 0 aliphatic rings. The predicted octanol–water partition coefficient (Wildman–Crippen LogP) is 2.75. The van der Waals surface area contributed by atoms with E-state index in [4.69, 9.17) is 0 Å². The van der Waals surface area contributed by atoms with E-state index in [1.807, 2.05) is 35.9 Å². The van der Waals surface area contributed by atoms with Crippen molar-refractivity contribution >= 4 is 22.2 Å². The minimum absolute atomic E-state index is 0.0124. The smallest absolute Gasteiger partial charge is 0.272 e. The third-order valence-corrected chi connectivity index (χ3v) is 3.66. The molecule has 0 saturated carbocycles. The second-order valence-corrected chi connectivity index (χ2v) is 5.14. The van der Waals surface area contributed by atoms with Crippen LogP contribution in [0.15, 0.2) is 40.6 Å². The number of hydrogen-bond donors (Lipinski definition) is 1. The van der Waals surface area contributed by atoms with Gasteiger partial charge in [0, 0.05) is 22.2 Å². The quantitative estimate of drug-likeness (QED) is 0.739. The van der Waals surface area contributed by atoms with Crippen molar-refractivity contribution in [3.63, 3.8) is 0 Å². The molecule has 3 aromatic rings. The summed E-state index contributed by atoms with van der Waals surface area (Å²) in [6.07, 6.45) is 1.97. The van der Waals surface area contributed by atoms with Gasteiger partial charge in [0.2, 0.25) is 0 Å². The zero-order valence-corrected chi connectivity index (χ0v) is 10.3. The van der Waals surface area contributed by atoms with Crippen molar-refractivity contribution < 1.29 is 0 Å². The third kappa shape index (κ3) is 1.80. The lowest BCUT2D eigenvalue weighted by Crippen LogP contribution is -2.11. The summed E-state index contributed by atoms with van der Waals surface area (Å²) >= 11 is 1.71. The maximum Gasteiger partial charge on any atom is 0.272 e. The van der Waals surface area contributed by atoms with Crippen LogP contribution in [-0.2, 0) is 6.54 Å². The molecule has 0 bridgehead atoms. The van der Waals surface area contributed by atoms with E-state index in [1.54, 1.807) is 11.3 Å². The highest BCUT2D eigenvalue weighted by Gasteiger charge is 2.06. The molecule has 3 heterocycles. The second kappa shape index (κ2) is 3.89. The molecule has 17 heavy (non-hydrogen) atoms. The Morgan fingerprint density at radius 2 is 2.29 bits per heavy atom. The highest BCUT2D eigenvalue weighted by Crippen LogP contribution is 2.16. The van der Waals surface area contributed by atoms with E-state index in [0.717, 1.165) is 23.1 Å². The Morgan fingerprint density at radius 3 is 3.06 bits per heavy atom. The van der Waals surface area contributed by atoms with Crippen molar-refractivity contribution in [2.24, 2.45) is 0 Å². The van der Waals surface area contributed by atoms with E-state index >= 15 is 0 Å². The number of aryl methyl sites for hydroxylation is 1. The lowest BCUT2D eigenvalue weighted by molar-refractivity contribution is 0.845. The lowest BCUT2D eigenvalue weighted by Gasteiger charge is -2.02. The van der Waals surface area contributed by atoms with E-state index in [9.17, 15) is 4.79 Å². The molecule has 1 N–H and O–H groups in total. The Hall–Kier alpha value is -1.81. The molecule has 0 amide bonds. The first-order chi connectivity index (χ1) is 8.24. The van der Waals surface area contributed by atoms with Gasteiger partial charge in [-0.05, 0) is 30.5 Å². The Bertz CT molecular complexity index is 707. The van der Waals surface area contributed by atoms with Crippen LogP contribution in [0.5, 0.6) is 0 Å². The van der Waals surface area contributed by atoms with Crippen molar-refractivity contribution in [1.29, 1.82) is 0 Å². The summed E-state index contributed by atoms with van der Waals surface area (Å²) in [4.78, 5) is 16.0. The fourth-order valence-corrected chi connectivity index (χ4v) is 2.78. The number of aromatic nitrogens is 2. The molecular formula is C13H12N2OS. The Kier molecular flexibility index (Phi) is 2.37. The molecule has 0 atom stereocenters. The molecule has 3 nitrogen and oxygen atoms in total. The molecule has 0 aliphatic carbocycles. The van der Waals surface area contributed by atoms with Gasteiger partial charge in [-0.2, -0.15) is 0 Å². The number of nitrogens with one attached hydrogen (secondary N) is 1. The molecule has 0 unspecified atom stereocenters. The standard InChI is InChI=1S/C13H12N2OS/c1-9-7-10-4-5-15(12(10)13(16)14-9)8-11-3-2-6-17-11/h2-7H,8H2,1H3,(H,14,16). The Labute approximate surface area is 102 Å². The number of fused-ring (bicyclic) bond motifs is 1. The van der Waals surface area contributed by atoms with Crippen molar-refractivity contribution in [3.8, 4) is 0 Å². The van der Waals surface area contributed by atoms with Crippen LogP contribution in [0.25, 0.3) is 10.9 Å². The van der Waals surface area contributed by atoms with Crippen molar-refractivity contribution in [3.05, 3.63) is 56.8 Å². The zero-order valence-electron chi connectivity index (χ0n) is 9.43. The Morgan fingerprint density at radius 1 is 1.41 bits per heavy atom. The van der Waals surface area contributed by atoms with Crippen molar-refractivity contribution in [2.75, 3.05) is 0 Å². The number of H-pyrrole nitrogens is 1. The fraction of sp³-hybridized carbons (Fsp3) is 0.154. The molecule has 86 valence electrons. The van der Waals surface area contributed by atoms with E-state index in [2.05, 4.69) is 16.4 Å². The van der Waals surface area contributed by atoms with Crippen molar-refractivity contribution in [2.45, 2.75) is 13.5 Å². The SMILES string of the molecule is Cc1cc2ccn(Cc3cccs3)c2c(=O)[nH]1. The van der Waals surface area contributed by atoms with Gasteiger partial charge in [0.15, 0.2) is 0 Å². The highest BCUT2D eigenvalue weighted by molar-refractivity contribution is 7.09. The molecule has 0 radical (unpaired) electrons. The summed E-state index contributed by atoms with van der Waals surface area (Å²) in [6.45, 7) is 2.66. The van der Waals surface area contributed by atoms with Gasteiger partial charge in [-0.3, -0.25) is 4.79 Å².